The molecule has 2 aromatic carbocycles. The van der Waals surface area contributed by atoms with E-state index >= 15 is 0 Å². The van der Waals surface area contributed by atoms with E-state index in [1.165, 1.54) is 5.56 Å². The Balaban J connectivity index is 2.27. The Morgan fingerprint density at radius 1 is 1.00 bits per heavy atom. The Morgan fingerprint density at radius 3 is 2.24 bits per heavy atom. The minimum Gasteiger partial charge on any atom is -0.457 e. The molecule has 1 atom stereocenters. The number of rotatable bonds is 5. The van der Waals surface area contributed by atoms with Crippen molar-refractivity contribution in [1.29, 1.82) is 0 Å². The van der Waals surface area contributed by atoms with Crippen molar-refractivity contribution in [1.82, 2.24) is 5.32 Å². The Labute approximate surface area is 135 Å². The van der Waals surface area contributed by atoms with Crippen molar-refractivity contribution in [3.8, 4) is 11.5 Å². The third-order valence-corrected chi connectivity index (χ3v) is 4.14. The highest BCUT2D eigenvalue weighted by Crippen LogP contribution is 2.32. The average Bonchev–Trinajstić information content (AvgIpc) is 2.47. The minimum absolute atomic E-state index is 0.239. The van der Waals surface area contributed by atoms with Crippen molar-refractivity contribution >= 4 is 15.9 Å². The van der Waals surface area contributed by atoms with Gasteiger partial charge in [-0.15, -0.1) is 0 Å². The fraction of sp³-hybridized carbons (Fsp3) is 0.333. The molecule has 0 heterocycles. The molecule has 2 nitrogen and oxygen atoms in total. The Kier molecular flexibility index (Phi) is 5.43. The lowest BCUT2D eigenvalue weighted by molar-refractivity contribution is 0.465. The highest BCUT2D eigenvalue weighted by atomic mass is 79.9. The van der Waals surface area contributed by atoms with Crippen LogP contribution in [0.5, 0.6) is 11.5 Å². The molecule has 0 saturated heterocycles. The second-order valence-corrected chi connectivity index (χ2v) is 6.43. The van der Waals surface area contributed by atoms with Crippen LogP contribution in [0.25, 0.3) is 0 Å². The van der Waals surface area contributed by atoms with Crippen LogP contribution in [0.1, 0.15) is 43.9 Å². The maximum Gasteiger partial charge on any atom is 0.133 e. The molecule has 0 aliphatic heterocycles. The summed E-state index contributed by atoms with van der Waals surface area (Å²) in [6, 6.07) is 14.7. The van der Waals surface area contributed by atoms with Gasteiger partial charge in [0.05, 0.1) is 0 Å². The molecule has 2 rings (SSSR count). The molecule has 1 N–H and O–H groups in total. The van der Waals surface area contributed by atoms with Crippen molar-refractivity contribution < 1.29 is 4.74 Å². The zero-order valence-electron chi connectivity index (χ0n) is 13.0. The third-order valence-electron chi connectivity index (χ3n) is 3.65. The first-order chi connectivity index (χ1) is 10.0. The van der Waals surface area contributed by atoms with E-state index in [0.717, 1.165) is 21.5 Å². The fourth-order valence-corrected chi connectivity index (χ4v) is 2.50. The van der Waals surface area contributed by atoms with Gasteiger partial charge < -0.3 is 10.1 Å². The van der Waals surface area contributed by atoms with E-state index in [9.17, 15) is 0 Å². The quantitative estimate of drug-likeness (QED) is 0.754. The Hall–Kier alpha value is -1.32. The summed E-state index contributed by atoms with van der Waals surface area (Å²) in [5, 5.41) is 3.26. The molecular weight excluding hydrogens is 326 g/mol. The van der Waals surface area contributed by atoms with E-state index in [0.29, 0.717) is 5.92 Å². The Bertz CT molecular complexity index is 593. The molecule has 0 saturated carbocycles. The molecule has 112 valence electrons. The van der Waals surface area contributed by atoms with Gasteiger partial charge in [-0.3, -0.25) is 0 Å². The predicted octanol–water partition coefficient (Wildman–Crippen LogP) is 5.65. The van der Waals surface area contributed by atoms with Crippen LogP contribution in [0.4, 0.5) is 0 Å². The SMILES string of the molecule is CNC(C)c1ccc(Br)cc1Oc1ccc(C(C)C)cc1. The third kappa shape index (κ3) is 4.08. The van der Waals surface area contributed by atoms with Gasteiger partial charge in [0, 0.05) is 16.1 Å². The second-order valence-electron chi connectivity index (χ2n) is 5.52. The topological polar surface area (TPSA) is 21.3 Å². The molecule has 0 aromatic heterocycles. The molecule has 0 fully saturated rings. The van der Waals surface area contributed by atoms with Gasteiger partial charge in [-0.2, -0.15) is 0 Å². The van der Waals surface area contributed by atoms with Crippen molar-refractivity contribution in [2.24, 2.45) is 0 Å². The van der Waals surface area contributed by atoms with Crippen LogP contribution in [0.15, 0.2) is 46.9 Å². The molecule has 1 unspecified atom stereocenters. The van der Waals surface area contributed by atoms with Crippen molar-refractivity contribution in [3.05, 3.63) is 58.1 Å². The second kappa shape index (κ2) is 7.10. The van der Waals surface area contributed by atoms with E-state index in [1.807, 2.05) is 31.3 Å². The van der Waals surface area contributed by atoms with Gasteiger partial charge >= 0.3 is 0 Å². The van der Waals surface area contributed by atoms with Crippen LogP contribution >= 0.6 is 15.9 Å². The van der Waals surface area contributed by atoms with Gasteiger partial charge in [0.15, 0.2) is 0 Å². The molecule has 0 amide bonds. The standard InChI is InChI=1S/C18H22BrNO/c1-12(2)14-5-8-16(9-6-14)21-18-11-15(19)7-10-17(18)13(3)20-4/h5-13,20H,1-4H3. The smallest absolute Gasteiger partial charge is 0.133 e. The van der Waals surface area contributed by atoms with E-state index in [4.69, 9.17) is 4.74 Å². The molecule has 2 aromatic rings. The number of nitrogens with one attached hydrogen (secondary N) is 1. The lowest BCUT2D eigenvalue weighted by Crippen LogP contribution is -2.13. The molecular formula is C18H22BrNO. The number of halogens is 1. The summed E-state index contributed by atoms with van der Waals surface area (Å²) in [4.78, 5) is 0. The number of hydrogen-bond donors (Lipinski definition) is 1. The largest absolute Gasteiger partial charge is 0.457 e. The highest BCUT2D eigenvalue weighted by molar-refractivity contribution is 9.10. The van der Waals surface area contributed by atoms with Gasteiger partial charge in [-0.05, 0) is 49.7 Å². The van der Waals surface area contributed by atoms with Gasteiger partial charge in [-0.25, -0.2) is 0 Å². The first kappa shape index (κ1) is 16.1. The summed E-state index contributed by atoms with van der Waals surface area (Å²) in [6.45, 7) is 6.51. The summed E-state index contributed by atoms with van der Waals surface area (Å²) >= 11 is 3.51. The number of benzene rings is 2. The summed E-state index contributed by atoms with van der Waals surface area (Å²) in [5.41, 5.74) is 2.47. The van der Waals surface area contributed by atoms with E-state index in [2.05, 4.69) is 60.2 Å². The molecule has 0 spiro atoms. The van der Waals surface area contributed by atoms with Crippen LogP contribution in [0.2, 0.25) is 0 Å². The maximum absolute atomic E-state index is 6.08. The minimum atomic E-state index is 0.239. The summed E-state index contributed by atoms with van der Waals surface area (Å²) in [5.74, 6) is 2.27. The fourth-order valence-electron chi connectivity index (χ4n) is 2.16. The molecule has 0 radical (unpaired) electrons. The summed E-state index contributed by atoms with van der Waals surface area (Å²) in [6.07, 6.45) is 0. The highest BCUT2D eigenvalue weighted by Gasteiger charge is 2.11. The van der Waals surface area contributed by atoms with Crippen LogP contribution in [0.3, 0.4) is 0 Å². The van der Waals surface area contributed by atoms with Gasteiger partial charge in [0.1, 0.15) is 11.5 Å². The first-order valence-corrected chi connectivity index (χ1v) is 8.05. The molecule has 0 bridgehead atoms. The van der Waals surface area contributed by atoms with Crippen LogP contribution < -0.4 is 10.1 Å². The molecule has 21 heavy (non-hydrogen) atoms. The lowest BCUT2D eigenvalue weighted by atomic mass is 10.0. The number of ether oxygens (including phenoxy) is 1. The average molecular weight is 348 g/mol. The van der Waals surface area contributed by atoms with E-state index in [-0.39, 0.29) is 6.04 Å². The summed E-state index contributed by atoms with van der Waals surface area (Å²) < 4.78 is 7.10. The molecule has 0 aliphatic rings. The summed E-state index contributed by atoms with van der Waals surface area (Å²) in [7, 11) is 1.95. The van der Waals surface area contributed by atoms with E-state index < -0.39 is 0 Å². The molecule has 0 aliphatic carbocycles. The van der Waals surface area contributed by atoms with Gasteiger partial charge in [0.25, 0.3) is 0 Å². The van der Waals surface area contributed by atoms with Gasteiger partial charge in [0.2, 0.25) is 0 Å². The predicted molar refractivity (Wildman–Crippen MR) is 92.2 cm³/mol. The Morgan fingerprint density at radius 2 is 1.67 bits per heavy atom. The van der Waals surface area contributed by atoms with Crippen LogP contribution in [0, 0.1) is 0 Å². The zero-order valence-corrected chi connectivity index (χ0v) is 14.6. The van der Waals surface area contributed by atoms with Crippen LogP contribution in [-0.4, -0.2) is 7.05 Å². The van der Waals surface area contributed by atoms with Crippen molar-refractivity contribution in [2.75, 3.05) is 7.05 Å². The van der Waals surface area contributed by atoms with Crippen molar-refractivity contribution in [2.45, 2.75) is 32.7 Å². The lowest BCUT2D eigenvalue weighted by Gasteiger charge is -2.17. The van der Waals surface area contributed by atoms with E-state index in [1.54, 1.807) is 0 Å². The number of hydrogen-bond acceptors (Lipinski definition) is 2. The maximum atomic E-state index is 6.08. The zero-order chi connectivity index (χ0) is 15.4. The normalized spacial score (nSPS) is 12.5. The molecule has 3 heteroatoms. The van der Waals surface area contributed by atoms with Gasteiger partial charge in [-0.1, -0.05) is 48.0 Å². The van der Waals surface area contributed by atoms with Crippen LogP contribution in [-0.2, 0) is 0 Å². The first-order valence-electron chi connectivity index (χ1n) is 7.25. The monoisotopic (exact) mass is 347 g/mol. The van der Waals surface area contributed by atoms with Crippen molar-refractivity contribution in [3.63, 3.8) is 0 Å².